The molecule has 2 atom stereocenters. The van der Waals surface area contributed by atoms with Crippen molar-refractivity contribution in [2.24, 2.45) is 0 Å². The zero-order valence-electron chi connectivity index (χ0n) is 35.3. The minimum atomic E-state index is -0.415. The number of carbonyl (C=O) groups is 2. The predicted molar refractivity (Wildman–Crippen MR) is 226 cm³/mol. The number of nitrogens with one attached hydrogen (secondary N) is 1. The monoisotopic (exact) mass is 855 g/mol. The second-order valence-electron chi connectivity index (χ2n) is 15.5. The number of nitrogens with zero attached hydrogens (tertiary/aromatic N) is 10. The summed E-state index contributed by atoms with van der Waals surface area (Å²) in [4.78, 5) is 37.3. The molecule has 0 saturated carbocycles. The van der Waals surface area contributed by atoms with E-state index < -0.39 is 5.97 Å². The molecule has 0 unspecified atom stereocenters. The van der Waals surface area contributed by atoms with Gasteiger partial charge in [-0.1, -0.05) is 48.5 Å². The van der Waals surface area contributed by atoms with E-state index >= 15 is 0 Å². The van der Waals surface area contributed by atoms with Crippen LogP contribution < -0.4 is 24.3 Å². The van der Waals surface area contributed by atoms with E-state index in [2.05, 4.69) is 94.0 Å². The lowest BCUT2D eigenvalue weighted by atomic mass is 10.1. The zero-order chi connectivity index (χ0) is 43.1. The molecular weight excluding hydrogens is 807 g/mol. The Kier molecular flexibility index (Phi) is 12.5. The maximum atomic E-state index is 12.1. The number of amides is 1. The van der Waals surface area contributed by atoms with Gasteiger partial charge >= 0.3 is 5.97 Å². The number of aromatic nitrogens is 8. The van der Waals surface area contributed by atoms with Crippen LogP contribution in [0.25, 0.3) is 0 Å². The molecule has 4 aliphatic heterocycles. The van der Waals surface area contributed by atoms with Crippen LogP contribution in [-0.2, 0) is 43.8 Å². The highest BCUT2D eigenvalue weighted by atomic mass is 16.6. The molecule has 18 nitrogen and oxygen atoms in total. The molecule has 0 fully saturated rings. The van der Waals surface area contributed by atoms with Crippen molar-refractivity contribution in [1.29, 1.82) is 0 Å². The van der Waals surface area contributed by atoms with Crippen LogP contribution in [0.2, 0.25) is 0 Å². The summed E-state index contributed by atoms with van der Waals surface area (Å²) in [6.45, 7) is 9.42. The molecule has 326 valence electrons. The van der Waals surface area contributed by atoms with Crippen LogP contribution in [0.15, 0.2) is 85.2 Å². The number of pyridine rings is 2. The van der Waals surface area contributed by atoms with Crippen LogP contribution in [0.5, 0.6) is 23.3 Å². The van der Waals surface area contributed by atoms with Gasteiger partial charge in [0.15, 0.2) is 23.7 Å². The first-order chi connectivity index (χ1) is 30.9. The van der Waals surface area contributed by atoms with Gasteiger partial charge in [0.1, 0.15) is 24.9 Å². The number of hydrogen-bond acceptors (Lipinski definition) is 15. The molecule has 10 rings (SSSR count). The third-order valence-corrected chi connectivity index (χ3v) is 11.4. The van der Waals surface area contributed by atoms with Crippen LogP contribution in [0.4, 0.5) is 0 Å². The van der Waals surface area contributed by atoms with Gasteiger partial charge in [-0.05, 0) is 53.4 Å². The molecule has 18 heteroatoms. The molecule has 63 heavy (non-hydrogen) atoms. The van der Waals surface area contributed by atoms with E-state index in [4.69, 9.17) is 23.7 Å². The van der Waals surface area contributed by atoms with Crippen LogP contribution in [-0.4, -0.2) is 114 Å². The SMILES string of the molecule is CCOC(=O)c1nnc2n1CCN(Cc1ccc([C@H]3COc4cccnc4O3)cc1)CC2.CNC(=O)c1nnc2n1CCN(Cc1ccc([C@H]3COc4cccnc4O3)cc1)CC2. The number of carbonyl (C=O) groups excluding carboxylic acids is 2. The largest absolute Gasteiger partial charge is 0.484 e. The average Bonchev–Trinajstić information content (AvgIpc) is 3.81. The fourth-order valence-electron chi connectivity index (χ4n) is 8.01. The molecule has 0 bridgehead atoms. The minimum absolute atomic E-state index is 0.165. The van der Waals surface area contributed by atoms with Crippen LogP contribution in [0, 0.1) is 0 Å². The maximum Gasteiger partial charge on any atom is 0.376 e. The quantitative estimate of drug-likeness (QED) is 0.206. The highest BCUT2D eigenvalue weighted by Crippen LogP contribution is 2.35. The first kappa shape index (κ1) is 41.4. The number of rotatable bonds is 9. The summed E-state index contributed by atoms with van der Waals surface area (Å²) in [5, 5.41) is 19.1. The first-order valence-corrected chi connectivity index (χ1v) is 21.3. The van der Waals surface area contributed by atoms with Gasteiger partial charge in [-0.2, -0.15) is 0 Å². The number of esters is 1. The summed E-state index contributed by atoms with van der Waals surface area (Å²) in [6.07, 6.45) is 4.57. The molecular formula is C45H49N11O7. The van der Waals surface area contributed by atoms with E-state index in [0.717, 1.165) is 74.9 Å². The lowest BCUT2D eigenvalue weighted by Crippen LogP contribution is -2.28. The molecule has 2 aromatic carbocycles. The topological polar surface area (TPSA) is 186 Å². The van der Waals surface area contributed by atoms with Gasteiger partial charge in [0.25, 0.3) is 17.7 Å². The fraction of sp³-hybridized carbons (Fsp3) is 0.378. The highest BCUT2D eigenvalue weighted by molar-refractivity contribution is 5.90. The van der Waals surface area contributed by atoms with Crippen molar-refractivity contribution < 1.29 is 33.3 Å². The third-order valence-electron chi connectivity index (χ3n) is 11.4. The number of hydrogen-bond donors (Lipinski definition) is 1. The summed E-state index contributed by atoms with van der Waals surface area (Å²) in [5.74, 6) is 4.19. The summed E-state index contributed by atoms with van der Waals surface area (Å²) in [7, 11) is 1.61. The van der Waals surface area contributed by atoms with E-state index in [1.807, 2.05) is 33.4 Å². The fourth-order valence-corrected chi connectivity index (χ4v) is 8.01. The van der Waals surface area contributed by atoms with Gasteiger partial charge in [0.05, 0.1) is 6.61 Å². The van der Waals surface area contributed by atoms with Crippen LogP contribution in [0.1, 0.15) is 74.3 Å². The summed E-state index contributed by atoms with van der Waals surface area (Å²) in [5.41, 5.74) is 4.57. The molecule has 0 spiro atoms. The van der Waals surface area contributed by atoms with Crippen molar-refractivity contribution in [1.82, 2.24) is 54.6 Å². The Morgan fingerprint density at radius 2 is 1.14 bits per heavy atom. The lowest BCUT2D eigenvalue weighted by Gasteiger charge is -2.26. The molecule has 0 radical (unpaired) electrons. The number of ether oxygens (including phenoxy) is 5. The second kappa shape index (κ2) is 19.0. The van der Waals surface area contributed by atoms with Gasteiger partial charge in [-0.25, -0.2) is 14.8 Å². The molecule has 4 aromatic heterocycles. The predicted octanol–water partition coefficient (Wildman–Crippen LogP) is 4.02. The van der Waals surface area contributed by atoms with Crippen molar-refractivity contribution >= 4 is 11.9 Å². The van der Waals surface area contributed by atoms with Gasteiger partial charge in [0, 0.05) is 84.6 Å². The minimum Gasteiger partial charge on any atom is -0.484 e. The molecule has 1 N–H and O–H groups in total. The van der Waals surface area contributed by atoms with E-state index in [-0.39, 0.29) is 18.1 Å². The lowest BCUT2D eigenvalue weighted by molar-refractivity contribution is 0.0504. The normalized spacial score (nSPS) is 18.1. The molecule has 6 aromatic rings. The molecule has 8 heterocycles. The van der Waals surface area contributed by atoms with Crippen molar-refractivity contribution in [3.63, 3.8) is 0 Å². The van der Waals surface area contributed by atoms with Gasteiger partial charge < -0.3 is 38.1 Å². The highest BCUT2D eigenvalue weighted by Gasteiger charge is 2.27. The van der Waals surface area contributed by atoms with Crippen LogP contribution in [0.3, 0.4) is 0 Å². The third kappa shape index (κ3) is 9.46. The maximum absolute atomic E-state index is 12.1. The Morgan fingerprint density at radius 3 is 1.63 bits per heavy atom. The summed E-state index contributed by atoms with van der Waals surface area (Å²) >= 11 is 0. The van der Waals surface area contributed by atoms with E-state index in [1.54, 1.807) is 26.4 Å². The molecule has 0 saturated heterocycles. The number of benzene rings is 2. The Balaban J connectivity index is 0.000000160. The van der Waals surface area contributed by atoms with Crippen LogP contribution >= 0.6 is 0 Å². The zero-order valence-corrected chi connectivity index (χ0v) is 35.3. The van der Waals surface area contributed by atoms with Gasteiger partial charge in [-0.15, -0.1) is 20.4 Å². The van der Waals surface area contributed by atoms with Crippen molar-refractivity contribution in [3.8, 4) is 23.3 Å². The van der Waals surface area contributed by atoms with E-state index in [0.29, 0.717) is 67.8 Å². The summed E-state index contributed by atoms with van der Waals surface area (Å²) in [6, 6.07) is 24.3. The Hall–Kier alpha value is -6.92. The smallest absolute Gasteiger partial charge is 0.376 e. The van der Waals surface area contributed by atoms with Crippen molar-refractivity contribution in [2.45, 2.75) is 58.2 Å². The van der Waals surface area contributed by atoms with E-state index in [1.165, 1.54) is 11.1 Å². The molecule has 0 aliphatic carbocycles. The molecule has 1 amide bonds. The Morgan fingerprint density at radius 1 is 0.651 bits per heavy atom. The number of fused-ring (bicyclic) bond motifs is 4. The van der Waals surface area contributed by atoms with Gasteiger partial charge in [0.2, 0.25) is 11.6 Å². The Labute approximate surface area is 364 Å². The van der Waals surface area contributed by atoms with Crippen molar-refractivity contribution in [3.05, 3.63) is 131 Å². The van der Waals surface area contributed by atoms with E-state index in [9.17, 15) is 9.59 Å². The Bertz CT molecular complexity index is 2530. The molecule has 4 aliphatic rings. The second-order valence-corrected chi connectivity index (χ2v) is 15.5. The van der Waals surface area contributed by atoms with Crippen molar-refractivity contribution in [2.75, 3.05) is 53.0 Å². The summed E-state index contributed by atoms with van der Waals surface area (Å²) < 4.78 is 32.5. The first-order valence-electron chi connectivity index (χ1n) is 21.3. The van der Waals surface area contributed by atoms with Gasteiger partial charge in [-0.3, -0.25) is 14.6 Å². The standard InChI is InChI=1S/C23H25N5O4.C22H24N6O3/c1-2-30-23(29)21-26-25-20-9-11-27(12-13-28(20)21)14-16-5-7-17(8-6-16)19-15-31-18-4-3-10-24-22(18)32-19;1-23-21(29)20-26-25-19-8-10-27(11-12-28(19)20)13-15-4-6-16(7-5-15)18-14-30-17-3-2-9-24-22(17)31-18/h3-8,10,19H,2,9,11-15H2,1H3;2-7,9,18H,8,10-14H2,1H3,(H,23,29)/t19-;18-/m11/s1. The average molecular weight is 856 g/mol.